The molecule has 132 valence electrons. The monoisotopic (exact) mass is 347 g/mol. The van der Waals surface area contributed by atoms with E-state index in [-0.39, 0.29) is 24.5 Å². The second-order valence-corrected chi connectivity index (χ2v) is 6.04. The van der Waals surface area contributed by atoms with E-state index >= 15 is 0 Å². The lowest BCUT2D eigenvalue weighted by Gasteiger charge is -2.11. The molecule has 0 radical (unpaired) electrons. The summed E-state index contributed by atoms with van der Waals surface area (Å²) in [5, 5.41) is 7.12. The summed E-state index contributed by atoms with van der Waals surface area (Å²) in [6.45, 7) is 1.10. The molecule has 0 aliphatic heterocycles. The molecule has 0 saturated carbocycles. The summed E-state index contributed by atoms with van der Waals surface area (Å²) in [7, 11) is 0. The molecule has 5 nitrogen and oxygen atoms in total. The Kier molecular flexibility index (Phi) is 5.93. The normalized spacial score (nSPS) is 10.5. The average molecular weight is 347 g/mol. The van der Waals surface area contributed by atoms with Crippen molar-refractivity contribution >= 4 is 11.7 Å². The van der Waals surface area contributed by atoms with Crippen LogP contribution in [0.2, 0.25) is 0 Å². The van der Waals surface area contributed by atoms with Crippen LogP contribution in [0.15, 0.2) is 73.1 Å². The van der Waals surface area contributed by atoms with E-state index in [2.05, 4.69) is 10.4 Å². The molecule has 1 heterocycles. The van der Waals surface area contributed by atoms with Gasteiger partial charge in [-0.15, -0.1) is 0 Å². The molecule has 1 N–H and O–H groups in total. The Morgan fingerprint density at radius 1 is 0.885 bits per heavy atom. The van der Waals surface area contributed by atoms with Gasteiger partial charge in [-0.2, -0.15) is 5.10 Å². The molecule has 5 heteroatoms. The number of Topliss-reactive ketones (excluding diaryl/α,β-unsaturated/α-hetero) is 1. The molecule has 0 atom stereocenters. The third-order valence-electron chi connectivity index (χ3n) is 4.16. The number of aromatic nitrogens is 2. The molecule has 3 aromatic rings. The van der Waals surface area contributed by atoms with Gasteiger partial charge in [-0.25, -0.2) is 0 Å². The molecule has 0 unspecified atom stereocenters. The summed E-state index contributed by atoms with van der Waals surface area (Å²) in [4.78, 5) is 24.2. The van der Waals surface area contributed by atoms with Gasteiger partial charge >= 0.3 is 0 Å². The maximum Gasteiger partial charge on any atom is 0.220 e. The molecule has 0 saturated heterocycles. The molecule has 1 aromatic heterocycles. The van der Waals surface area contributed by atoms with Gasteiger partial charge in [0.15, 0.2) is 5.78 Å². The van der Waals surface area contributed by atoms with Crippen LogP contribution in [0, 0.1) is 0 Å². The van der Waals surface area contributed by atoms with Crippen molar-refractivity contribution in [2.24, 2.45) is 0 Å². The molecule has 2 aromatic carbocycles. The number of nitrogens with zero attached hydrogens (tertiary/aromatic N) is 2. The molecular formula is C21H21N3O2. The van der Waals surface area contributed by atoms with Gasteiger partial charge in [-0.1, -0.05) is 54.6 Å². The lowest BCUT2D eigenvalue weighted by molar-refractivity contribution is -0.121. The number of carbonyl (C=O) groups is 2. The van der Waals surface area contributed by atoms with Gasteiger partial charge in [0, 0.05) is 37.3 Å². The Hall–Kier alpha value is -3.21. The number of hydrogen-bond donors (Lipinski definition) is 1. The minimum absolute atomic E-state index is 0.0140. The zero-order valence-electron chi connectivity index (χ0n) is 14.5. The van der Waals surface area contributed by atoms with E-state index < -0.39 is 0 Å². The quantitative estimate of drug-likeness (QED) is 0.637. The molecule has 1 amide bonds. The lowest BCUT2D eigenvalue weighted by Crippen LogP contribution is -2.24. The van der Waals surface area contributed by atoms with E-state index in [1.54, 1.807) is 18.3 Å². The Labute approximate surface area is 152 Å². The largest absolute Gasteiger partial charge is 0.352 e. The molecule has 0 aliphatic rings. The highest BCUT2D eigenvalue weighted by Gasteiger charge is 2.10. The fourth-order valence-corrected chi connectivity index (χ4v) is 2.73. The highest BCUT2D eigenvalue weighted by molar-refractivity contribution is 5.97. The molecule has 0 spiro atoms. The fraction of sp³-hybridized carbons (Fsp3) is 0.190. The summed E-state index contributed by atoms with van der Waals surface area (Å²) in [6, 6.07) is 18.9. The van der Waals surface area contributed by atoms with Crippen LogP contribution in [-0.4, -0.2) is 21.5 Å². The molecule has 0 bridgehead atoms. The molecule has 26 heavy (non-hydrogen) atoms. The van der Waals surface area contributed by atoms with Crippen molar-refractivity contribution in [2.45, 2.75) is 25.9 Å². The maximum atomic E-state index is 12.1. The highest BCUT2D eigenvalue weighted by atomic mass is 16.2. The van der Waals surface area contributed by atoms with Crippen LogP contribution in [0.5, 0.6) is 0 Å². The first-order valence-electron chi connectivity index (χ1n) is 8.61. The molecular weight excluding hydrogens is 326 g/mol. The summed E-state index contributed by atoms with van der Waals surface area (Å²) >= 11 is 0. The van der Waals surface area contributed by atoms with Crippen LogP contribution in [-0.2, 0) is 17.9 Å². The fourth-order valence-electron chi connectivity index (χ4n) is 2.73. The number of nitrogens with one attached hydrogen (secondary N) is 1. The van der Waals surface area contributed by atoms with E-state index in [1.807, 2.05) is 59.4 Å². The number of rotatable bonds is 8. The second kappa shape index (κ2) is 8.76. The van der Waals surface area contributed by atoms with E-state index in [4.69, 9.17) is 0 Å². The van der Waals surface area contributed by atoms with Crippen molar-refractivity contribution in [1.82, 2.24) is 15.1 Å². The first-order valence-corrected chi connectivity index (χ1v) is 8.61. The summed E-state index contributed by atoms with van der Waals surface area (Å²) < 4.78 is 1.85. The third kappa shape index (κ3) is 4.89. The standard InChI is InChI=1S/C21H21N3O2/c25-20(17-7-2-1-3-8-17)11-12-21(26)22-15-18-9-4-5-10-19(18)16-24-14-6-13-23-24/h1-10,13-14H,11-12,15-16H2,(H,22,26). The van der Waals surface area contributed by atoms with Crippen molar-refractivity contribution in [2.75, 3.05) is 0 Å². The Morgan fingerprint density at radius 2 is 1.62 bits per heavy atom. The zero-order chi connectivity index (χ0) is 18.2. The molecule has 0 aliphatic carbocycles. The van der Waals surface area contributed by atoms with E-state index in [0.717, 1.165) is 11.1 Å². The van der Waals surface area contributed by atoms with Gasteiger partial charge in [-0.3, -0.25) is 14.3 Å². The van der Waals surface area contributed by atoms with E-state index in [1.165, 1.54) is 0 Å². The van der Waals surface area contributed by atoms with Crippen molar-refractivity contribution in [1.29, 1.82) is 0 Å². The number of hydrogen-bond acceptors (Lipinski definition) is 3. The summed E-state index contributed by atoms with van der Waals surface area (Å²) in [6.07, 6.45) is 4.05. The highest BCUT2D eigenvalue weighted by Crippen LogP contribution is 2.11. The van der Waals surface area contributed by atoms with Crippen LogP contribution in [0.3, 0.4) is 0 Å². The minimum Gasteiger partial charge on any atom is -0.352 e. The van der Waals surface area contributed by atoms with Crippen molar-refractivity contribution in [3.63, 3.8) is 0 Å². The Bertz CT molecular complexity index is 858. The summed E-state index contributed by atoms with van der Waals surface area (Å²) in [5.41, 5.74) is 2.80. The van der Waals surface area contributed by atoms with Gasteiger partial charge in [0.05, 0.1) is 6.54 Å². The number of ketones is 1. The van der Waals surface area contributed by atoms with Gasteiger partial charge in [0.25, 0.3) is 0 Å². The second-order valence-electron chi connectivity index (χ2n) is 6.04. The smallest absolute Gasteiger partial charge is 0.220 e. The number of benzene rings is 2. The lowest BCUT2D eigenvalue weighted by atomic mass is 10.1. The maximum absolute atomic E-state index is 12.1. The van der Waals surface area contributed by atoms with Gasteiger partial charge in [-0.05, 0) is 17.2 Å². The Balaban J connectivity index is 1.51. The first-order chi connectivity index (χ1) is 12.7. The predicted octanol–water partition coefficient (Wildman–Crippen LogP) is 3.21. The van der Waals surface area contributed by atoms with Crippen LogP contribution < -0.4 is 5.32 Å². The predicted molar refractivity (Wildman–Crippen MR) is 99.6 cm³/mol. The molecule has 0 fully saturated rings. The van der Waals surface area contributed by atoms with Crippen LogP contribution >= 0.6 is 0 Å². The Morgan fingerprint density at radius 3 is 2.35 bits per heavy atom. The summed E-state index contributed by atoms with van der Waals surface area (Å²) in [5.74, 6) is -0.136. The SMILES string of the molecule is O=C(CCC(=O)c1ccccc1)NCc1ccccc1Cn1cccn1. The number of carbonyl (C=O) groups excluding carboxylic acids is 2. The van der Waals surface area contributed by atoms with Crippen molar-refractivity contribution < 1.29 is 9.59 Å². The first kappa shape index (κ1) is 17.6. The minimum atomic E-state index is -0.122. The van der Waals surface area contributed by atoms with Crippen molar-refractivity contribution in [3.8, 4) is 0 Å². The van der Waals surface area contributed by atoms with Crippen molar-refractivity contribution in [3.05, 3.63) is 89.7 Å². The van der Waals surface area contributed by atoms with E-state index in [9.17, 15) is 9.59 Å². The topological polar surface area (TPSA) is 64.0 Å². The zero-order valence-corrected chi connectivity index (χ0v) is 14.5. The van der Waals surface area contributed by atoms with Gasteiger partial charge in [0.1, 0.15) is 0 Å². The van der Waals surface area contributed by atoms with Gasteiger partial charge < -0.3 is 5.32 Å². The van der Waals surface area contributed by atoms with Crippen LogP contribution in [0.25, 0.3) is 0 Å². The third-order valence-corrected chi connectivity index (χ3v) is 4.16. The van der Waals surface area contributed by atoms with E-state index in [0.29, 0.717) is 18.7 Å². The average Bonchev–Trinajstić information content (AvgIpc) is 3.19. The van der Waals surface area contributed by atoms with Crippen LogP contribution in [0.4, 0.5) is 0 Å². The van der Waals surface area contributed by atoms with Gasteiger partial charge in [0.2, 0.25) is 5.91 Å². The molecule has 3 rings (SSSR count). The van der Waals surface area contributed by atoms with Crippen LogP contribution in [0.1, 0.15) is 34.3 Å². The number of amides is 1.